The fourth-order valence-corrected chi connectivity index (χ4v) is 2.75. The maximum absolute atomic E-state index is 12.1. The van der Waals surface area contributed by atoms with Gasteiger partial charge in [0.2, 0.25) is 0 Å². The number of hydrogen-bond donors (Lipinski definition) is 1. The second kappa shape index (κ2) is 7.36. The van der Waals surface area contributed by atoms with Crippen molar-refractivity contribution in [3.05, 3.63) is 32.9 Å². The predicted octanol–water partition coefficient (Wildman–Crippen LogP) is 3.89. The van der Waals surface area contributed by atoms with Gasteiger partial charge >= 0.3 is 0 Å². The third-order valence-electron chi connectivity index (χ3n) is 2.72. The standard InChI is InChI=1S/C13H17BrINO/c1-3-10(7-8-14)16-13(17)11-6-4-5-9(2)12(11)15/h4-6,10H,3,7-8H2,1-2H3,(H,16,17). The normalized spacial score (nSPS) is 12.2. The zero-order chi connectivity index (χ0) is 12.8. The summed E-state index contributed by atoms with van der Waals surface area (Å²) in [5.74, 6) is 0.0332. The van der Waals surface area contributed by atoms with Crippen LogP contribution in [0.2, 0.25) is 0 Å². The Labute approximate surface area is 125 Å². The van der Waals surface area contributed by atoms with E-state index in [1.165, 1.54) is 0 Å². The van der Waals surface area contributed by atoms with E-state index in [1.807, 2.05) is 25.1 Å². The van der Waals surface area contributed by atoms with Crippen LogP contribution in [0.3, 0.4) is 0 Å². The van der Waals surface area contributed by atoms with Crippen LogP contribution in [0.25, 0.3) is 0 Å². The van der Waals surface area contributed by atoms with Crippen molar-refractivity contribution in [2.75, 3.05) is 5.33 Å². The van der Waals surface area contributed by atoms with Crippen LogP contribution in [0.1, 0.15) is 35.7 Å². The fraction of sp³-hybridized carbons (Fsp3) is 0.462. The lowest BCUT2D eigenvalue weighted by molar-refractivity contribution is 0.0934. The smallest absolute Gasteiger partial charge is 0.252 e. The van der Waals surface area contributed by atoms with E-state index in [0.717, 1.165) is 32.9 Å². The molecule has 0 heterocycles. The first-order valence-electron chi connectivity index (χ1n) is 5.72. The van der Waals surface area contributed by atoms with Gasteiger partial charge in [-0.3, -0.25) is 4.79 Å². The van der Waals surface area contributed by atoms with Gasteiger partial charge in [0.15, 0.2) is 0 Å². The van der Waals surface area contributed by atoms with Gasteiger partial charge in [-0.05, 0) is 54.0 Å². The summed E-state index contributed by atoms with van der Waals surface area (Å²) in [6.07, 6.45) is 1.92. The van der Waals surface area contributed by atoms with Gasteiger partial charge in [-0.25, -0.2) is 0 Å². The van der Waals surface area contributed by atoms with Crippen molar-refractivity contribution in [3.63, 3.8) is 0 Å². The van der Waals surface area contributed by atoms with Crippen LogP contribution in [0.5, 0.6) is 0 Å². The molecule has 1 aromatic carbocycles. The molecule has 94 valence electrons. The van der Waals surface area contributed by atoms with E-state index in [0.29, 0.717) is 0 Å². The van der Waals surface area contributed by atoms with Crippen molar-refractivity contribution in [1.82, 2.24) is 5.32 Å². The van der Waals surface area contributed by atoms with Gasteiger partial charge in [0, 0.05) is 14.9 Å². The predicted molar refractivity (Wildman–Crippen MR) is 83.9 cm³/mol. The van der Waals surface area contributed by atoms with Crippen molar-refractivity contribution < 1.29 is 4.79 Å². The average molecular weight is 410 g/mol. The van der Waals surface area contributed by atoms with Gasteiger partial charge in [0.25, 0.3) is 5.91 Å². The number of carbonyl (C=O) groups is 1. The summed E-state index contributed by atoms with van der Waals surface area (Å²) in [4.78, 5) is 12.1. The summed E-state index contributed by atoms with van der Waals surface area (Å²) in [6, 6.07) is 6.08. The molecule has 1 aromatic rings. The van der Waals surface area contributed by atoms with Gasteiger partial charge in [0.1, 0.15) is 0 Å². The lowest BCUT2D eigenvalue weighted by atomic mass is 10.1. The molecule has 1 atom stereocenters. The molecule has 0 fully saturated rings. The topological polar surface area (TPSA) is 29.1 Å². The summed E-state index contributed by atoms with van der Waals surface area (Å²) in [5, 5.41) is 3.99. The fourth-order valence-electron chi connectivity index (χ4n) is 1.60. The molecule has 0 aliphatic heterocycles. The van der Waals surface area contributed by atoms with Crippen LogP contribution in [0.15, 0.2) is 18.2 Å². The summed E-state index contributed by atoms with van der Waals surface area (Å²) >= 11 is 5.64. The maximum Gasteiger partial charge on any atom is 0.252 e. The van der Waals surface area contributed by atoms with Crippen LogP contribution in [0.4, 0.5) is 0 Å². The molecule has 0 saturated carbocycles. The Bertz CT molecular complexity index is 395. The Hall–Kier alpha value is -0.100. The first-order chi connectivity index (χ1) is 8.10. The largest absolute Gasteiger partial charge is 0.349 e. The SMILES string of the molecule is CCC(CCBr)NC(=O)c1cccc(C)c1I. The number of alkyl halides is 1. The van der Waals surface area contributed by atoms with Crippen molar-refractivity contribution >= 4 is 44.4 Å². The molecule has 4 heteroatoms. The van der Waals surface area contributed by atoms with Crippen molar-refractivity contribution in [2.45, 2.75) is 32.7 Å². The second-order valence-corrected chi connectivity index (χ2v) is 5.86. The molecule has 0 aliphatic carbocycles. The molecule has 1 rings (SSSR count). The summed E-state index contributed by atoms with van der Waals surface area (Å²) < 4.78 is 1.04. The molecule has 0 aromatic heterocycles. The highest BCUT2D eigenvalue weighted by Crippen LogP contribution is 2.17. The Morgan fingerprint density at radius 3 is 2.82 bits per heavy atom. The zero-order valence-electron chi connectivity index (χ0n) is 10.1. The first kappa shape index (κ1) is 15.0. The van der Waals surface area contributed by atoms with Gasteiger partial charge in [-0.15, -0.1) is 0 Å². The molecule has 0 saturated heterocycles. The number of amides is 1. The number of nitrogens with one attached hydrogen (secondary N) is 1. The minimum absolute atomic E-state index is 0.0332. The van der Waals surface area contributed by atoms with Gasteiger partial charge in [-0.1, -0.05) is 35.0 Å². The minimum atomic E-state index is 0.0332. The van der Waals surface area contributed by atoms with E-state index in [9.17, 15) is 4.79 Å². The Morgan fingerprint density at radius 1 is 1.53 bits per heavy atom. The quantitative estimate of drug-likeness (QED) is 0.580. The molecule has 0 radical (unpaired) electrons. The minimum Gasteiger partial charge on any atom is -0.349 e. The zero-order valence-corrected chi connectivity index (χ0v) is 13.8. The lowest BCUT2D eigenvalue weighted by Gasteiger charge is -2.16. The summed E-state index contributed by atoms with van der Waals surface area (Å²) in [5.41, 5.74) is 1.92. The third-order valence-corrected chi connectivity index (χ3v) is 4.61. The number of hydrogen-bond acceptors (Lipinski definition) is 1. The number of halogens is 2. The summed E-state index contributed by atoms with van der Waals surface area (Å²) in [7, 11) is 0. The van der Waals surface area contributed by atoms with Crippen molar-refractivity contribution in [1.29, 1.82) is 0 Å². The van der Waals surface area contributed by atoms with Gasteiger partial charge < -0.3 is 5.32 Å². The molecule has 0 aliphatic rings. The van der Waals surface area contributed by atoms with E-state index < -0.39 is 0 Å². The third kappa shape index (κ3) is 4.25. The van der Waals surface area contributed by atoms with Crippen molar-refractivity contribution in [2.24, 2.45) is 0 Å². The summed E-state index contributed by atoms with van der Waals surface area (Å²) in [6.45, 7) is 4.11. The molecule has 0 spiro atoms. The molecular formula is C13H17BrINO. The van der Waals surface area contributed by atoms with Crippen LogP contribution in [-0.4, -0.2) is 17.3 Å². The maximum atomic E-state index is 12.1. The molecular weight excluding hydrogens is 393 g/mol. The van der Waals surface area contributed by atoms with E-state index in [4.69, 9.17) is 0 Å². The molecule has 1 amide bonds. The Morgan fingerprint density at radius 2 is 2.24 bits per heavy atom. The Kier molecular flexibility index (Phi) is 6.48. The first-order valence-corrected chi connectivity index (χ1v) is 7.92. The molecule has 17 heavy (non-hydrogen) atoms. The highest BCUT2D eigenvalue weighted by Gasteiger charge is 2.14. The van der Waals surface area contributed by atoms with Crippen LogP contribution in [-0.2, 0) is 0 Å². The average Bonchev–Trinajstić information content (AvgIpc) is 2.31. The number of benzene rings is 1. The van der Waals surface area contributed by atoms with Crippen LogP contribution >= 0.6 is 38.5 Å². The number of carbonyl (C=O) groups excluding carboxylic acids is 1. The molecule has 1 unspecified atom stereocenters. The van der Waals surface area contributed by atoms with E-state index in [-0.39, 0.29) is 11.9 Å². The number of aryl methyl sites for hydroxylation is 1. The van der Waals surface area contributed by atoms with Gasteiger partial charge in [0.05, 0.1) is 5.56 Å². The molecule has 1 N–H and O–H groups in total. The van der Waals surface area contributed by atoms with Crippen LogP contribution < -0.4 is 5.32 Å². The second-order valence-electron chi connectivity index (χ2n) is 3.99. The Balaban J connectivity index is 2.79. The monoisotopic (exact) mass is 409 g/mol. The highest BCUT2D eigenvalue weighted by atomic mass is 127. The lowest BCUT2D eigenvalue weighted by Crippen LogP contribution is -2.35. The number of rotatable bonds is 5. The van der Waals surface area contributed by atoms with Gasteiger partial charge in [-0.2, -0.15) is 0 Å². The van der Waals surface area contributed by atoms with E-state index >= 15 is 0 Å². The van der Waals surface area contributed by atoms with Crippen LogP contribution in [0, 0.1) is 10.5 Å². The highest BCUT2D eigenvalue weighted by molar-refractivity contribution is 14.1. The van der Waals surface area contributed by atoms with Crippen molar-refractivity contribution in [3.8, 4) is 0 Å². The molecule has 2 nitrogen and oxygen atoms in total. The molecule has 0 bridgehead atoms. The van der Waals surface area contributed by atoms with E-state index in [2.05, 4.69) is 50.8 Å². The van der Waals surface area contributed by atoms with E-state index in [1.54, 1.807) is 0 Å².